The standard InChI is InChI=1S/C16H18FNO2S/c1-16(2,19)15-14(10-3-4-10)18-13(21-15)9-20-12-7-5-11(17)6-8-12/h5-8,10,19H,3-4,9H2,1-2H3. The first kappa shape index (κ1) is 14.5. The third kappa shape index (κ3) is 3.41. The van der Waals surface area contributed by atoms with Crippen LogP contribution in [0.4, 0.5) is 4.39 Å². The van der Waals surface area contributed by atoms with Crippen LogP contribution < -0.4 is 4.74 Å². The fourth-order valence-electron chi connectivity index (χ4n) is 2.19. The molecule has 2 aromatic rings. The summed E-state index contributed by atoms with van der Waals surface area (Å²) in [5.74, 6) is 0.823. The van der Waals surface area contributed by atoms with Crippen LogP contribution in [0.15, 0.2) is 24.3 Å². The van der Waals surface area contributed by atoms with Gasteiger partial charge in [0.2, 0.25) is 0 Å². The molecule has 3 rings (SSSR count). The molecule has 0 radical (unpaired) electrons. The van der Waals surface area contributed by atoms with Gasteiger partial charge >= 0.3 is 0 Å². The molecule has 1 fully saturated rings. The lowest BCUT2D eigenvalue weighted by Gasteiger charge is -2.16. The van der Waals surface area contributed by atoms with Crippen molar-refractivity contribution in [2.24, 2.45) is 0 Å². The van der Waals surface area contributed by atoms with E-state index in [1.807, 2.05) is 0 Å². The molecule has 3 nitrogen and oxygen atoms in total. The molecule has 1 aliphatic rings. The molecule has 0 unspecified atom stereocenters. The van der Waals surface area contributed by atoms with E-state index >= 15 is 0 Å². The van der Waals surface area contributed by atoms with E-state index in [4.69, 9.17) is 4.74 Å². The molecule has 1 aromatic carbocycles. The number of benzene rings is 1. The third-order valence-electron chi connectivity index (χ3n) is 3.39. The first-order chi connectivity index (χ1) is 9.93. The highest BCUT2D eigenvalue weighted by Gasteiger charge is 2.34. The maximum Gasteiger partial charge on any atom is 0.140 e. The summed E-state index contributed by atoms with van der Waals surface area (Å²) in [7, 11) is 0. The number of halogens is 1. The van der Waals surface area contributed by atoms with Crippen LogP contribution in [0.2, 0.25) is 0 Å². The van der Waals surface area contributed by atoms with Crippen molar-refractivity contribution >= 4 is 11.3 Å². The Morgan fingerprint density at radius 3 is 2.57 bits per heavy atom. The highest BCUT2D eigenvalue weighted by atomic mass is 32.1. The molecule has 0 amide bonds. The Balaban J connectivity index is 1.75. The van der Waals surface area contributed by atoms with Crippen molar-refractivity contribution in [2.75, 3.05) is 0 Å². The van der Waals surface area contributed by atoms with E-state index in [1.54, 1.807) is 26.0 Å². The largest absolute Gasteiger partial charge is 0.486 e. The molecule has 0 saturated heterocycles. The van der Waals surface area contributed by atoms with Crippen molar-refractivity contribution in [3.63, 3.8) is 0 Å². The van der Waals surface area contributed by atoms with Gasteiger partial charge in [-0.2, -0.15) is 0 Å². The number of hydrogen-bond acceptors (Lipinski definition) is 4. The van der Waals surface area contributed by atoms with Crippen molar-refractivity contribution in [3.05, 3.63) is 45.7 Å². The molecule has 1 heterocycles. The second-order valence-corrected chi connectivity index (χ2v) is 6.98. The third-order valence-corrected chi connectivity index (χ3v) is 4.75. The fourth-order valence-corrected chi connectivity index (χ4v) is 3.25. The van der Waals surface area contributed by atoms with Crippen LogP contribution in [0.1, 0.15) is 48.2 Å². The molecular formula is C16H18FNO2S. The number of thiazole rings is 1. The van der Waals surface area contributed by atoms with Crippen LogP contribution in [0, 0.1) is 5.82 Å². The molecule has 0 aliphatic heterocycles. The van der Waals surface area contributed by atoms with Crippen molar-refractivity contribution in [3.8, 4) is 5.75 Å². The van der Waals surface area contributed by atoms with Gasteiger partial charge in [0.1, 0.15) is 23.2 Å². The van der Waals surface area contributed by atoms with Crippen LogP contribution in [-0.2, 0) is 12.2 Å². The van der Waals surface area contributed by atoms with Gasteiger partial charge in [0.15, 0.2) is 0 Å². The zero-order valence-corrected chi connectivity index (χ0v) is 12.9. The number of aliphatic hydroxyl groups is 1. The maximum absolute atomic E-state index is 12.8. The molecule has 1 aliphatic carbocycles. The fraction of sp³-hybridized carbons (Fsp3) is 0.438. The topological polar surface area (TPSA) is 42.4 Å². The Bertz CT molecular complexity index is 627. The highest BCUT2D eigenvalue weighted by molar-refractivity contribution is 7.11. The predicted molar refractivity (Wildman–Crippen MR) is 80.1 cm³/mol. The highest BCUT2D eigenvalue weighted by Crippen LogP contribution is 2.45. The molecule has 112 valence electrons. The van der Waals surface area contributed by atoms with E-state index < -0.39 is 5.60 Å². The molecule has 1 saturated carbocycles. The average molecular weight is 307 g/mol. The molecule has 1 aromatic heterocycles. The summed E-state index contributed by atoms with van der Waals surface area (Å²) in [6.07, 6.45) is 2.29. The normalized spacial score (nSPS) is 15.2. The van der Waals surface area contributed by atoms with E-state index in [9.17, 15) is 9.50 Å². The van der Waals surface area contributed by atoms with Crippen LogP contribution in [-0.4, -0.2) is 10.1 Å². The van der Waals surface area contributed by atoms with E-state index in [0.29, 0.717) is 18.3 Å². The minimum Gasteiger partial charge on any atom is -0.486 e. The van der Waals surface area contributed by atoms with Gasteiger partial charge in [-0.1, -0.05) is 0 Å². The van der Waals surface area contributed by atoms with Gasteiger partial charge < -0.3 is 9.84 Å². The van der Waals surface area contributed by atoms with Gasteiger partial charge in [0, 0.05) is 5.92 Å². The summed E-state index contributed by atoms with van der Waals surface area (Å²) in [6.45, 7) is 3.92. The van der Waals surface area contributed by atoms with Gasteiger partial charge in [0.25, 0.3) is 0 Å². The molecule has 0 bridgehead atoms. The summed E-state index contributed by atoms with van der Waals surface area (Å²) in [6, 6.07) is 5.94. The lowest BCUT2D eigenvalue weighted by atomic mass is 10.0. The second-order valence-electron chi connectivity index (χ2n) is 5.90. The quantitative estimate of drug-likeness (QED) is 0.909. The van der Waals surface area contributed by atoms with Crippen molar-refractivity contribution < 1.29 is 14.2 Å². The van der Waals surface area contributed by atoms with Crippen molar-refractivity contribution in [1.29, 1.82) is 0 Å². The first-order valence-electron chi connectivity index (χ1n) is 7.04. The van der Waals surface area contributed by atoms with E-state index in [2.05, 4.69) is 4.98 Å². The number of rotatable bonds is 5. The second kappa shape index (κ2) is 5.39. The number of hydrogen-bond donors (Lipinski definition) is 1. The Hall–Kier alpha value is -1.46. The van der Waals surface area contributed by atoms with E-state index in [0.717, 1.165) is 28.4 Å². The monoisotopic (exact) mass is 307 g/mol. The molecule has 5 heteroatoms. The maximum atomic E-state index is 12.8. The summed E-state index contributed by atoms with van der Waals surface area (Å²) < 4.78 is 18.5. The first-order valence-corrected chi connectivity index (χ1v) is 7.86. The molecule has 1 N–H and O–H groups in total. The van der Waals surface area contributed by atoms with Crippen molar-refractivity contribution in [2.45, 2.75) is 44.8 Å². The smallest absolute Gasteiger partial charge is 0.140 e. The van der Waals surface area contributed by atoms with Crippen molar-refractivity contribution in [1.82, 2.24) is 4.98 Å². The van der Waals surface area contributed by atoms with E-state index in [-0.39, 0.29) is 5.82 Å². The molecule has 0 spiro atoms. The Morgan fingerprint density at radius 1 is 1.33 bits per heavy atom. The van der Waals surface area contributed by atoms with Crippen LogP contribution in [0.5, 0.6) is 5.75 Å². The van der Waals surface area contributed by atoms with Gasteiger partial charge in [-0.05, 0) is 51.0 Å². The van der Waals surface area contributed by atoms with Gasteiger partial charge in [0.05, 0.1) is 16.2 Å². The summed E-state index contributed by atoms with van der Waals surface area (Å²) in [5, 5.41) is 11.1. The van der Waals surface area contributed by atoms with Gasteiger partial charge in [-0.15, -0.1) is 11.3 Å². The number of aromatic nitrogens is 1. The van der Waals surface area contributed by atoms with Gasteiger partial charge in [-0.25, -0.2) is 9.37 Å². The number of nitrogens with zero attached hydrogens (tertiary/aromatic N) is 1. The average Bonchev–Trinajstić information content (AvgIpc) is 3.17. The van der Waals surface area contributed by atoms with E-state index in [1.165, 1.54) is 23.5 Å². The predicted octanol–water partition coefficient (Wildman–Crippen LogP) is 3.97. The molecule has 21 heavy (non-hydrogen) atoms. The molecular weight excluding hydrogens is 289 g/mol. The summed E-state index contributed by atoms with van der Waals surface area (Å²) in [4.78, 5) is 5.56. The van der Waals surface area contributed by atoms with Crippen LogP contribution >= 0.6 is 11.3 Å². The zero-order valence-electron chi connectivity index (χ0n) is 12.1. The Morgan fingerprint density at radius 2 is 2.00 bits per heavy atom. The summed E-state index contributed by atoms with van der Waals surface area (Å²) >= 11 is 1.50. The SMILES string of the molecule is CC(C)(O)c1sc(COc2ccc(F)cc2)nc1C1CC1. The van der Waals surface area contributed by atoms with Gasteiger partial charge in [-0.3, -0.25) is 0 Å². The Kier molecular flexibility index (Phi) is 3.71. The van der Waals surface area contributed by atoms with Crippen LogP contribution in [0.3, 0.4) is 0 Å². The van der Waals surface area contributed by atoms with Crippen LogP contribution in [0.25, 0.3) is 0 Å². The molecule has 0 atom stereocenters. The zero-order chi connectivity index (χ0) is 15.0. The Labute approximate surface area is 127 Å². The lowest BCUT2D eigenvalue weighted by molar-refractivity contribution is 0.0813. The minimum atomic E-state index is -0.871. The minimum absolute atomic E-state index is 0.281. The number of ether oxygens (including phenoxy) is 1. The lowest BCUT2D eigenvalue weighted by Crippen LogP contribution is -2.15. The summed E-state index contributed by atoms with van der Waals surface area (Å²) in [5.41, 5.74) is 0.147.